The van der Waals surface area contributed by atoms with Gasteiger partial charge in [-0.25, -0.2) is 4.98 Å². The van der Waals surface area contributed by atoms with Crippen LogP contribution in [0.25, 0.3) is 17.1 Å². The number of carbonyl (C=O) groups excluding carboxylic acids is 1. The van der Waals surface area contributed by atoms with Gasteiger partial charge >= 0.3 is 0 Å². The van der Waals surface area contributed by atoms with Crippen LogP contribution in [0.15, 0.2) is 47.4 Å². The van der Waals surface area contributed by atoms with Gasteiger partial charge in [0.05, 0.1) is 42.3 Å². The van der Waals surface area contributed by atoms with Gasteiger partial charge in [-0.2, -0.15) is 20.0 Å². The maximum Gasteiger partial charge on any atom is 0.256 e. The Morgan fingerprint density at radius 3 is 2.86 bits per heavy atom. The zero-order chi connectivity index (χ0) is 24.4. The number of nitrogens with zero attached hydrogens (tertiary/aromatic N) is 7. The molecule has 35 heavy (non-hydrogen) atoms. The second-order valence-electron chi connectivity index (χ2n) is 7.72. The van der Waals surface area contributed by atoms with Crippen LogP contribution in [0.1, 0.15) is 42.1 Å². The van der Waals surface area contributed by atoms with Crippen LogP contribution >= 0.6 is 11.6 Å². The molecule has 1 amide bonds. The van der Waals surface area contributed by atoms with Crippen LogP contribution in [0.2, 0.25) is 5.02 Å². The molecule has 11 nitrogen and oxygen atoms in total. The van der Waals surface area contributed by atoms with E-state index in [1.807, 2.05) is 13.0 Å². The average Bonchev–Trinajstić information content (AvgIpc) is 3.65. The third-order valence-corrected chi connectivity index (χ3v) is 5.96. The van der Waals surface area contributed by atoms with E-state index in [9.17, 15) is 4.79 Å². The van der Waals surface area contributed by atoms with Crippen molar-refractivity contribution in [1.29, 1.82) is 0 Å². The van der Waals surface area contributed by atoms with E-state index in [-0.39, 0.29) is 5.91 Å². The maximum atomic E-state index is 13.8. The minimum absolute atomic E-state index is 0.245. The van der Waals surface area contributed by atoms with E-state index in [0.29, 0.717) is 64.8 Å². The molecule has 5 rings (SSSR count). The molecule has 1 aliphatic rings. The van der Waals surface area contributed by atoms with Crippen LogP contribution in [-0.4, -0.2) is 61.2 Å². The molecule has 0 spiro atoms. The van der Waals surface area contributed by atoms with Gasteiger partial charge in [-0.3, -0.25) is 4.79 Å². The van der Waals surface area contributed by atoms with Gasteiger partial charge < -0.3 is 18.9 Å². The first-order valence-corrected chi connectivity index (χ1v) is 11.5. The monoisotopic (exact) mass is 495 g/mol. The Morgan fingerprint density at radius 1 is 1.26 bits per heavy atom. The molecular weight excluding hydrogens is 474 g/mol. The van der Waals surface area contributed by atoms with Crippen molar-refractivity contribution < 1.29 is 18.8 Å². The lowest BCUT2D eigenvalue weighted by Crippen LogP contribution is -2.31. The highest BCUT2D eigenvalue weighted by atomic mass is 35.5. The van der Waals surface area contributed by atoms with Gasteiger partial charge in [-0.05, 0) is 44.0 Å². The highest BCUT2D eigenvalue weighted by Gasteiger charge is 2.36. The van der Waals surface area contributed by atoms with Gasteiger partial charge in [0, 0.05) is 12.7 Å². The van der Waals surface area contributed by atoms with Crippen LogP contribution in [0, 0.1) is 0 Å². The lowest BCUT2D eigenvalue weighted by molar-refractivity contribution is 0.0709. The summed E-state index contributed by atoms with van der Waals surface area (Å²) in [5.74, 6) is 1.25. The second-order valence-corrected chi connectivity index (χ2v) is 8.13. The molecule has 1 saturated heterocycles. The normalized spacial score (nSPS) is 15.4. The quantitative estimate of drug-likeness (QED) is 0.377. The summed E-state index contributed by atoms with van der Waals surface area (Å²) in [5.41, 5.74) is 1.41. The number of amides is 1. The summed E-state index contributed by atoms with van der Waals surface area (Å²) < 4.78 is 16.5. The van der Waals surface area contributed by atoms with Gasteiger partial charge in [-0.15, -0.1) is 0 Å². The lowest BCUT2D eigenvalue weighted by atomic mass is 10.1. The Bertz CT molecular complexity index is 1340. The van der Waals surface area contributed by atoms with Crippen molar-refractivity contribution in [3.05, 3.63) is 59.3 Å². The van der Waals surface area contributed by atoms with E-state index in [2.05, 4.69) is 25.3 Å². The molecule has 0 N–H and O–H groups in total. The van der Waals surface area contributed by atoms with E-state index in [1.165, 1.54) is 24.3 Å². The molecule has 4 heterocycles. The standard InChI is InChI=1S/C23H22ClN7O4/c1-3-34-21-14(6-4-8-25-21)20-28-22(35-29-20)17-7-5-11-30(17)23(32)15-12-19(33-2)16(24)13-18(15)31-26-9-10-27-31/h4,6,8-10,12-13,17H,3,5,7,11H2,1-2H3. The van der Waals surface area contributed by atoms with Crippen LogP contribution in [0.5, 0.6) is 11.6 Å². The first-order chi connectivity index (χ1) is 17.1. The van der Waals surface area contributed by atoms with E-state index in [0.717, 1.165) is 6.42 Å². The summed E-state index contributed by atoms with van der Waals surface area (Å²) in [6.07, 6.45) is 6.16. The Morgan fingerprint density at radius 2 is 2.09 bits per heavy atom. The fourth-order valence-electron chi connectivity index (χ4n) is 4.09. The summed E-state index contributed by atoms with van der Waals surface area (Å²) in [6, 6.07) is 6.41. The van der Waals surface area contributed by atoms with Crippen molar-refractivity contribution in [3.8, 4) is 28.7 Å². The molecule has 180 valence electrons. The fourth-order valence-corrected chi connectivity index (χ4v) is 4.33. The molecule has 1 aliphatic heterocycles. The van der Waals surface area contributed by atoms with Gasteiger partial charge in [0.25, 0.3) is 5.91 Å². The minimum atomic E-state index is -0.393. The van der Waals surface area contributed by atoms with Crippen LogP contribution < -0.4 is 9.47 Å². The molecule has 0 aliphatic carbocycles. The number of benzene rings is 1. The zero-order valence-corrected chi connectivity index (χ0v) is 19.8. The summed E-state index contributed by atoms with van der Waals surface area (Å²) in [6.45, 7) is 2.85. The molecule has 0 radical (unpaired) electrons. The van der Waals surface area contributed by atoms with E-state index >= 15 is 0 Å². The van der Waals surface area contributed by atoms with Crippen LogP contribution in [0.4, 0.5) is 0 Å². The third-order valence-electron chi connectivity index (χ3n) is 5.67. The Kier molecular flexibility index (Phi) is 6.32. The van der Waals surface area contributed by atoms with E-state index < -0.39 is 6.04 Å². The summed E-state index contributed by atoms with van der Waals surface area (Å²) >= 11 is 6.34. The Hall–Kier alpha value is -3.99. The van der Waals surface area contributed by atoms with Gasteiger partial charge in [0.1, 0.15) is 17.5 Å². The van der Waals surface area contributed by atoms with E-state index in [4.69, 9.17) is 25.6 Å². The SMILES string of the molecule is CCOc1ncccc1-c1noc(C2CCCN2C(=O)c2cc(OC)c(Cl)cc2-n2nccn2)n1. The predicted molar refractivity (Wildman–Crippen MR) is 125 cm³/mol. The number of methoxy groups -OCH3 is 1. The lowest BCUT2D eigenvalue weighted by Gasteiger charge is -2.23. The Balaban J connectivity index is 1.49. The number of ether oxygens (including phenoxy) is 2. The van der Waals surface area contributed by atoms with Crippen LogP contribution in [0.3, 0.4) is 0 Å². The molecule has 12 heteroatoms. The number of rotatable bonds is 7. The Labute approximate surface area is 205 Å². The van der Waals surface area contributed by atoms with E-state index in [1.54, 1.807) is 29.3 Å². The van der Waals surface area contributed by atoms with Crippen LogP contribution in [-0.2, 0) is 0 Å². The summed E-state index contributed by atoms with van der Waals surface area (Å²) in [4.78, 5) is 25.7. The molecule has 0 saturated carbocycles. The fraction of sp³-hybridized carbons (Fsp3) is 0.304. The van der Waals surface area contributed by atoms with Crippen molar-refractivity contribution >= 4 is 17.5 Å². The van der Waals surface area contributed by atoms with Crippen molar-refractivity contribution in [2.45, 2.75) is 25.8 Å². The molecule has 4 aromatic rings. The van der Waals surface area contributed by atoms with Crippen molar-refractivity contribution in [1.82, 2.24) is 35.0 Å². The number of pyridine rings is 1. The summed E-state index contributed by atoms with van der Waals surface area (Å²) in [5, 5.41) is 12.8. The first-order valence-electron chi connectivity index (χ1n) is 11.1. The number of aromatic nitrogens is 6. The zero-order valence-electron chi connectivity index (χ0n) is 19.1. The highest BCUT2D eigenvalue weighted by molar-refractivity contribution is 6.32. The van der Waals surface area contributed by atoms with Crippen molar-refractivity contribution in [2.75, 3.05) is 20.3 Å². The number of hydrogen-bond donors (Lipinski definition) is 0. The second kappa shape index (κ2) is 9.71. The number of hydrogen-bond acceptors (Lipinski definition) is 9. The van der Waals surface area contributed by atoms with Gasteiger partial charge in [0.2, 0.25) is 17.6 Å². The first kappa shape index (κ1) is 22.8. The average molecular weight is 496 g/mol. The van der Waals surface area contributed by atoms with Gasteiger partial charge in [-0.1, -0.05) is 16.8 Å². The smallest absolute Gasteiger partial charge is 0.256 e. The molecular formula is C23H22ClN7O4. The minimum Gasteiger partial charge on any atom is -0.495 e. The number of likely N-dealkylation sites (tertiary alicyclic amines) is 1. The largest absolute Gasteiger partial charge is 0.495 e. The van der Waals surface area contributed by atoms with Crippen molar-refractivity contribution in [2.24, 2.45) is 0 Å². The van der Waals surface area contributed by atoms with Gasteiger partial charge in [0.15, 0.2) is 0 Å². The third kappa shape index (κ3) is 4.30. The highest BCUT2D eigenvalue weighted by Crippen LogP contribution is 2.37. The predicted octanol–water partition coefficient (Wildman–Crippen LogP) is 3.75. The molecule has 0 bridgehead atoms. The topological polar surface area (TPSA) is 121 Å². The number of halogens is 1. The van der Waals surface area contributed by atoms with Crippen molar-refractivity contribution in [3.63, 3.8) is 0 Å². The number of carbonyl (C=O) groups is 1. The maximum absolute atomic E-state index is 13.8. The summed E-state index contributed by atoms with van der Waals surface area (Å²) in [7, 11) is 1.49. The molecule has 1 fully saturated rings. The molecule has 1 atom stereocenters. The molecule has 1 aromatic carbocycles. The molecule has 1 unspecified atom stereocenters. The molecule has 3 aromatic heterocycles.